The van der Waals surface area contributed by atoms with Gasteiger partial charge in [0.15, 0.2) is 0 Å². The lowest BCUT2D eigenvalue weighted by molar-refractivity contribution is 0.642. The highest BCUT2D eigenvalue weighted by molar-refractivity contribution is 9.10. The molecule has 0 fully saturated rings. The molecule has 1 atom stereocenters. The van der Waals surface area contributed by atoms with Crippen molar-refractivity contribution >= 4 is 21.6 Å². The summed E-state index contributed by atoms with van der Waals surface area (Å²) in [5, 5.41) is 0. The first kappa shape index (κ1) is 16.1. The largest absolute Gasteiger partial charge is 0.363 e. The molecule has 2 aromatic rings. The zero-order chi connectivity index (χ0) is 15.4. The third-order valence-electron chi connectivity index (χ3n) is 3.84. The number of anilines is 1. The molecule has 0 heterocycles. The highest BCUT2D eigenvalue weighted by Crippen LogP contribution is 2.29. The molecule has 0 saturated carbocycles. The number of hydrogen-bond acceptors (Lipinski definition) is 2. The number of halogens is 1. The molecule has 0 amide bonds. The second-order valence-electron chi connectivity index (χ2n) is 5.39. The Morgan fingerprint density at radius 1 is 1.14 bits per heavy atom. The fourth-order valence-corrected chi connectivity index (χ4v) is 2.95. The number of benzene rings is 2. The van der Waals surface area contributed by atoms with Gasteiger partial charge in [-0.15, -0.1) is 0 Å². The van der Waals surface area contributed by atoms with E-state index in [4.69, 9.17) is 5.73 Å². The van der Waals surface area contributed by atoms with Gasteiger partial charge in [-0.1, -0.05) is 40.2 Å². The minimum Gasteiger partial charge on any atom is -0.363 e. The molecule has 0 aromatic heterocycles. The third kappa shape index (κ3) is 3.66. The number of nitrogens with two attached hydrogens (primary N) is 1. The number of likely N-dealkylation sites (N-methyl/N-ethyl adjacent to an activating group) is 1. The van der Waals surface area contributed by atoms with Gasteiger partial charge in [-0.25, -0.2) is 0 Å². The van der Waals surface area contributed by atoms with Crippen molar-refractivity contribution < 1.29 is 0 Å². The summed E-state index contributed by atoms with van der Waals surface area (Å²) in [5.41, 5.74) is 11.1. The fourth-order valence-electron chi connectivity index (χ4n) is 2.71. The summed E-state index contributed by atoms with van der Waals surface area (Å²) in [5.74, 6) is 0. The summed E-state index contributed by atoms with van der Waals surface area (Å²) in [7, 11) is 0. The van der Waals surface area contributed by atoms with E-state index in [9.17, 15) is 0 Å². The van der Waals surface area contributed by atoms with E-state index in [1.807, 2.05) is 0 Å². The lowest BCUT2D eigenvalue weighted by Gasteiger charge is -2.33. The maximum atomic E-state index is 6.09. The van der Waals surface area contributed by atoms with Crippen LogP contribution in [0.3, 0.4) is 0 Å². The lowest BCUT2D eigenvalue weighted by Crippen LogP contribution is -2.33. The molecular formula is C18H23BrN2. The monoisotopic (exact) mass is 346 g/mol. The number of nitrogens with zero attached hydrogens (tertiary/aromatic N) is 1. The highest BCUT2D eigenvalue weighted by Gasteiger charge is 2.18. The zero-order valence-corrected chi connectivity index (χ0v) is 14.5. The standard InChI is InChI=1S/C18H23BrN2/c1-4-21(16-7-5-6-13(2)10-16)18(12-20)15-8-9-17(19)14(3)11-15/h5-11,18H,4,12,20H2,1-3H3. The van der Waals surface area contributed by atoms with E-state index in [1.165, 1.54) is 22.4 Å². The SMILES string of the molecule is CCN(c1cccc(C)c1)C(CN)c1ccc(Br)c(C)c1. The molecule has 3 heteroatoms. The number of hydrogen-bond donors (Lipinski definition) is 1. The van der Waals surface area contributed by atoms with Crippen LogP contribution >= 0.6 is 15.9 Å². The number of rotatable bonds is 5. The van der Waals surface area contributed by atoms with Crippen molar-refractivity contribution in [2.75, 3.05) is 18.0 Å². The zero-order valence-electron chi connectivity index (χ0n) is 12.9. The molecule has 2 N–H and O–H groups in total. The van der Waals surface area contributed by atoms with Gasteiger partial charge in [0.2, 0.25) is 0 Å². The topological polar surface area (TPSA) is 29.3 Å². The molecule has 0 spiro atoms. The quantitative estimate of drug-likeness (QED) is 0.857. The van der Waals surface area contributed by atoms with Crippen molar-refractivity contribution in [3.63, 3.8) is 0 Å². The van der Waals surface area contributed by atoms with Crippen LogP contribution < -0.4 is 10.6 Å². The van der Waals surface area contributed by atoms with E-state index >= 15 is 0 Å². The van der Waals surface area contributed by atoms with E-state index in [0.717, 1.165) is 11.0 Å². The molecule has 0 aliphatic carbocycles. The van der Waals surface area contributed by atoms with Gasteiger partial charge >= 0.3 is 0 Å². The van der Waals surface area contributed by atoms with Crippen LogP contribution in [0.15, 0.2) is 46.9 Å². The Morgan fingerprint density at radius 3 is 2.48 bits per heavy atom. The Hall–Kier alpha value is -1.32. The van der Waals surface area contributed by atoms with Gasteiger partial charge in [0.1, 0.15) is 0 Å². The van der Waals surface area contributed by atoms with Crippen molar-refractivity contribution in [2.45, 2.75) is 26.8 Å². The summed E-state index contributed by atoms with van der Waals surface area (Å²) in [6.45, 7) is 7.95. The minimum atomic E-state index is 0.198. The molecule has 0 aliphatic heterocycles. The average Bonchev–Trinajstić information content (AvgIpc) is 2.47. The Labute approximate surface area is 136 Å². The van der Waals surface area contributed by atoms with Gasteiger partial charge in [0.25, 0.3) is 0 Å². The molecule has 2 aromatic carbocycles. The Balaban J connectivity index is 2.39. The van der Waals surface area contributed by atoms with Crippen molar-refractivity contribution in [3.8, 4) is 0 Å². The minimum absolute atomic E-state index is 0.198. The van der Waals surface area contributed by atoms with Crippen LogP contribution in [0.5, 0.6) is 0 Å². The summed E-state index contributed by atoms with van der Waals surface area (Å²) in [6, 6.07) is 15.3. The first-order valence-corrected chi connectivity index (χ1v) is 8.15. The second kappa shape index (κ2) is 7.10. The van der Waals surface area contributed by atoms with Crippen molar-refractivity contribution in [3.05, 3.63) is 63.6 Å². The van der Waals surface area contributed by atoms with Gasteiger partial charge in [-0.2, -0.15) is 0 Å². The van der Waals surface area contributed by atoms with Crippen LogP contribution in [-0.4, -0.2) is 13.1 Å². The van der Waals surface area contributed by atoms with Gasteiger partial charge in [-0.3, -0.25) is 0 Å². The molecule has 0 bridgehead atoms. The predicted molar refractivity (Wildman–Crippen MR) is 94.9 cm³/mol. The van der Waals surface area contributed by atoms with Crippen molar-refractivity contribution in [1.82, 2.24) is 0 Å². The molecule has 0 saturated heterocycles. The highest BCUT2D eigenvalue weighted by atomic mass is 79.9. The van der Waals surface area contributed by atoms with Gasteiger partial charge in [0.05, 0.1) is 6.04 Å². The third-order valence-corrected chi connectivity index (χ3v) is 4.73. The van der Waals surface area contributed by atoms with E-state index in [2.05, 4.69) is 84.1 Å². The van der Waals surface area contributed by atoms with Crippen LogP contribution in [0, 0.1) is 13.8 Å². The maximum Gasteiger partial charge on any atom is 0.0664 e. The Morgan fingerprint density at radius 2 is 1.90 bits per heavy atom. The van der Waals surface area contributed by atoms with E-state index < -0.39 is 0 Å². The van der Waals surface area contributed by atoms with Crippen LogP contribution in [0.25, 0.3) is 0 Å². The van der Waals surface area contributed by atoms with Crippen molar-refractivity contribution in [2.24, 2.45) is 5.73 Å². The van der Waals surface area contributed by atoms with Crippen molar-refractivity contribution in [1.29, 1.82) is 0 Å². The smallest absolute Gasteiger partial charge is 0.0664 e. The van der Waals surface area contributed by atoms with Crippen LogP contribution in [-0.2, 0) is 0 Å². The van der Waals surface area contributed by atoms with E-state index in [1.54, 1.807) is 0 Å². The number of aryl methyl sites for hydroxylation is 2. The molecule has 0 aliphatic rings. The van der Waals surface area contributed by atoms with E-state index in [0.29, 0.717) is 6.54 Å². The average molecular weight is 347 g/mol. The summed E-state index contributed by atoms with van der Waals surface area (Å²) in [6.07, 6.45) is 0. The van der Waals surface area contributed by atoms with Crippen LogP contribution in [0.2, 0.25) is 0 Å². The summed E-state index contributed by atoms with van der Waals surface area (Å²) >= 11 is 3.56. The van der Waals surface area contributed by atoms with Crippen LogP contribution in [0.4, 0.5) is 5.69 Å². The molecule has 0 radical (unpaired) electrons. The molecule has 1 unspecified atom stereocenters. The molecule has 2 rings (SSSR count). The normalized spacial score (nSPS) is 12.2. The molecule has 21 heavy (non-hydrogen) atoms. The first-order chi connectivity index (χ1) is 10.1. The Bertz CT molecular complexity index is 610. The predicted octanol–water partition coefficient (Wildman–Crippen LogP) is 4.59. The molecular weight excluding hydrogens is 324 g/mol. The summed E-state index contributed by atoms with van der Waals surface area (Å²) < 4.78 is 1.14. The van der Waals surface area contributed by atoms with Crippen LogP contribution in [0.1, 0.15) is 29.7 Å². The van der Waals surface area contributed by atoms with Gasteiger partial charge in [-0.05, 0) is 55.7 Å². The first-order valence-electron chi connectivity index (χ1n) is 7.36. The molecule has 112 valence electrons. The Kier molecular flexibility index (Phi) is 5.43. The fraction of sp³-hybridized carbons (Fsp3) is 0.333. The summed E-state index contributed by atoms with van der Waals surface area (Å²) in [4.78, 5) is 2.37. The second-order valence-corrected chi connectivity index (χ2v) is 6.24. The molecule has 2 nitrogen and oxygen atoms in total. The van der Waals surface area contributed by atoms with Gasteiger partial charge < -0.3 is 10.6 Å². The van der Waals surface area contributed by atoms with Gasteiger partial charge in [0, 0.05) is 23.2 Å². The van der Waals surface area contributed by atoms with E-state index in [-0.39, 0.29) is 6.04 Å². The lowest BCUT2D eigenvalue weighted by atomic mass is 10.0. The maximum absolute atomic E-state index is 6.09.